The number of halogens is 1. The maximum Gasteiger partial charge on any atom is 0.141 e. The third-order valence-electron chi connectivity index (χ3n) is 4.72. The fourth-order valence-electron chi connectivity index (χ4n) is 3.47. The fourth-order valence-corrected chi connectivity index (χ4v) is 3.60. The molecule has 142 valence electrons. The second-order valence-corrected chi connectivity index (χ2v) is 7.41. The fraction of sp³-hybridized carbons (Fsp3) is 0.174. The van der Waals surface area contributed by atoms with Crippen LogP contribution < -0.4 is 5.32 Å². The standard InChI is InChI=1S/C23H22ClN3O/c1-16-23(17(2)28-26-16)19-12-22(25-21-6-4-3-5-7-21)15-27(14-19)13-18-8-10-20(24)11-9-18/h3-12,14,25H,13,15H2,1-2H3. The third kappa shape index (κ3) is 4.12. The van der Waals surface area contributed by atoms with Gasteiger partial charge in [-0.05, 0) is 49.8 Å². The van der Waals surface area contributed by atoms with Crippen LogP contribution in [0.4, 0.5) is 5.69 Å². The lowest BCUT2D eigenvalue weighted by molar-refractivity contribution is 0.392. The minimum absolute atomic E-state index is 0.751. The van der Waals surface area contributed by atoms with Gasteiger partial charge in [-0.2, -0.15) is 0 Å². The van der Waals surface area contributed by atoms with E-state index in [1.54, 1.807) is 0 Å². The lowest BCUT2D eigenvalue weighted by Crippen LogP contribution is -2.26. The van der Waals surface area contributed by atoms with E-state index >= 15 is 0 Å². The van der Waals surface area contributed by atoms with Crippen LogP contribution in [0.15, 0.2) is 77.1 Å². The second kappa shape index (κ2) is 7.95. The van der Waals surface area contributed by atoms with E-state index in [0.29, 0.717) is 0 Å². The number of hydrogen-bond acceptors (Lipinski definition) is 4. The molecule has 0 amide bonds. The highest BCUT2D eigenvalue weighted by molar-refractivity contribution is 6.30. The van der Waals surface area contributed by atoms with Gasteiger partial charge < -0.3 is 14.7 Å². The predicted molar refractivity (Wildman–Crippen MR) is 114 cm³/mol. The molecule has 2 aromatic carbocycles. The van der Waals surface area contributed by atoms with Crippen molar-refractivity contribution in [3.8, 4) is 0 Å². The summed E-state index contributed by atoms with van der Waals surface area (Å²) in [7, 11) is 0. The number of rotatable bonds is 5. The van der Waals surface area contributed by atoms with Gasteiger partial charge in [0, 0.05) is 40.3 Å². The molecule has 0 spiro atoms. The highest BCUT2D eigenvalue weighted by Crippen LogP contribution is 2.29. The van der Waals surface area contributed by atoms with Crippen LogP contribution in [0.5, 0.6) is 0 Å². The number of nitrogens with zero attached hydrogens (tertiary/aromatic N) is 2. The molecule has 0 radical (unpaired) electrons. The van der Waals surface area contributed by atoms with Crippen molar-refractivity contribution >= 4 is 22.9 Å². The van der Waals surface area contributed by atoms with Crippen molar-refractivity contribution in [3.05, 3.63) is 100 Å². The zero-order chi connectivity index (χ0) is 19.5. The number of hydrogen-bond donors (Lipinski definition) is 1. The summed E-state index contributed by atoms with van der Waals surface area (Å²) < 4.78 is 5.40. The Hall–Kier alpha value is -2.98. The van der Waals surface area contributed by atoms with Gasteiger partial charge in [-0.15, -0.1) is 0 Å². The minimum Gasteiger partial charge on any atom is -0.367 e. The molecule has 28 heavy (non-hydrogen) atoms. The van der Waals surface area contributed by atoms with Gasteiger partial charge in [0.25, 0.3) is 0 Å². The van der Waals surface area contributed by atoms with Gasteiger partial charge in [-0.25, -0.2) is 0 Å². The molecule has 1 aliphatic heterocycles. The van der Waals surface area contributed by atoms with Crippen molar-refractivity contribution in [2.75, 3.05) is 11.9 Å². The van der Waals surface area contributed by atoms with Crippen molar-refractivity contribution < 1.29 is 4.52 Å². The molecule has 0 saturated carbocycles. The Bertz CT molecular complexity index is 1000. The van der Waals surface area contributed by atoms with Gasteiger partial charge >= 0.3 is 0 Å². The van der Waals surface area contributed by atoms with Gasteiger partial charge in [-0.1, -0.05) is 47.1 Å². The van der Waals surface area contributed by atoms with E-state index in [-0.39, 0.29) is 0 Å². The Balaban J connectivity index is 1.65. The molecule has 0 saturated heterocycles. The Morgan fingerprint density at radius 3 is 2.50 bits per heavy atom. The number of allylic oxidation sites excluding steroid dienone is 2. The first-order valence-electron chi connectivity index (χ1n) is 9.25. The quantitative estimate of drug-likeness (QED) is 0.597. The molecule has 1 aromatic heterocycles. The Morgan fingerprint density at radius 1 is 1.07 bits per heavy atom. The summed E-state index contributed by atoms with van der Waals surface area (Å²) in [4.78, 5) is 2.29. The van der Waals surface area contributed by atoms with E-state index in [0.717, 1.165) is 52.1 Å². The summed E-state index contributed by atoms with van der Waals surface area (Å²) in [5.41, 5.74) is 6.44. The Kier molecular flexibility index (Phi) is 5.22. The number of nitrogens with one attached hydrogen (secondary N) is 1. The SMILES string of the molecule is Cc1noc(C)c1C1=CN(Cc2ccc(Cl)cc2)CC(Nc2ccccc2)=C1. The summed E-state index contributed by atoms with van der Waals surface area (Å²) in [5.74, 6) is 0.826. The Morgan fingerprint density at radius 2 is 1.82 bits per heavy atom. The van der Waals surface area contributed by atoms with E-state index in [2.05, 4.69) is 51.9 Å². The lowest BCUT2D eigenvalue weighted by atomic mass is 10.0. The van der Waals surface area contributed by atoms with Gasteiger partial charge in [0.05, 0.1) is 12.2 Å². The zero-order valence-electron chi connectivity index (χ0n) is 15.9. The molecule has 3 aromatic rings. The van der Waals surface area contributed by atoms with Crippen LogP contribution in [0.25, 0.3) is 5.57 Å². The predicted octanol–water partition coefficient (Wildman–Crippen LogP) is 5.80. The highest BCUT2D eigenvalue weighted by atomic mass is 35.5. The normalized spacial score (nSPS) is 13.9. The van der Waals surface area contributed by atoms with E-state index < -0.39 is 0 Å². The molecule has 4 nitrogen and oxygen atoms in total. The molecular formula is C23H22ClN3O. The van der Waals surface area contributed by atoms with E-state index in [9.17, 15) is 0 Å². The summed E-state index contributed by atoms with van der Waals surface area (Å²) >= 11 is 6.03. The summed E-state index contributed by atoms with van der Waals surface area (Å²) in [6, 6.07) is 18.2. The van der Waals surface area contributed by atoms with Gasteiger partial charge in [0.1, 0.15) is 5.76 Å². The van der Waals surface area contributed by atoms with Crippen LogP contribution in [0, 0.1) is 13.8 Å². The zero-order valence-corrected chi connectivity index (χ0v) is 16.7. The van der Waals surface area contributed by atoms with Crippen LogP contribution in [0.2, 0.25) is 5.02 Å². The topological polar surface area (TPSA) is 41.3 Å². The van der Waals surface area contributed by atoms with Gasteiger partial charge in [0.15, 0.2) is 0 Å². The molecule has 1 aliphatic rings. The first-order chi connectivity index (χ1) is 13.6. The number of aromatic nitrogens is 1. The van der Waals surface area contributed by atoms with Gasteiger partial charge in [0.2, 0.25) is 0 Å². The number of benzene rings is 2. The Labute approximate surface area is 170 Å². The molecular weight excluding hydrogens is 370 g/mol. The molecule has 0 aliphatic carbocycles. The maximum absolute atomic E-state index is 6.03. The summed E-state index contributed by atoms with van der Waals surface area (Å²) in [6.07, 6.45) is 4.36. The van der Waals surface area contributed by atoms with Crippen molar-refractivity contribution in [1.29, 1.82) is 0 Å². The lowest BCUT2D eigenvalue weighted by Gasteiger charge is -2.28. The molecule has 0 atom stereocenters. The average molecular weight is 392 g/mol. The highest BCUT2D eigenvalue weighted by Gasteiger charge is 2.19. The molecule has 0 fully saturated rings. The minimum atomic E-state index is 0.751. The van der Waals surface area contributed by atoms with Crippen molar-refractivity contribution in [2.24, 2.45) is 0 Å². The average Bonchev–Trinajstić information content (AvgIpc) is 3.02. The van der Waals surface area contributed by atoms with E-state index in [1.165, 1.54) is 5.56 Å². The first-order valence-corrected chi connectivity index (χ1v) is 9.62. The van der Waals surface area contributed by atoms with E-state index in [1.807, 2.05) is 44.2 Å². The second-order valence-electron chi connectivity index (χ2n) is 6.98. The van der Waals surface area contributed by atoms with E-state index in [4.69, 9.17) is 16.1 Å². The molecule has 0 bridgehead atoms. The van der Waals surface area contributed by atoms with Gasteiger partial charge in [-0.3, -0.25) is 0 Å². The molecule has 5 heteroatoms. The molecule has 4 rings (SSSR count). The summed E-state index contributed by atoms with van der Waals surface area (Å²) in [5, 5.41) is 8.41. The monoisotopic (exact) mass is 391 g/mol. The van der Waals surface area contributed by atoms with Crippen molar-refractivity contribution in [1.82, 2.24) is 10.1 Å². The largest absolute Gasteiger partial charge is 0.367 e. The molecule has 0 unspecified atom stereocenters. The van der Waals surface area contributed by atoms with Crippen molar-refractivity contribution in [3.63, 3.8) is 0 Å². The smallest absolute Gasteiger partial charge is 0.141 e. The number of anilines is 1. The number of para-hydroxylation sites is 1. The summed E-state index contributed by atoms with van der Waals surface area (Å²) in [6.45, 7) is 5.50. The number of aryl methyl sites for hydroxylation is 2. The first kappa shape index (κ1) is 18.4. The van der Waals surface area contributed by atoms with Crippen LogP contribution >= 0.6 is 11.6 Å². The van der Waals surface area contributed by atoms with Crippen LogP contribution in [-0.4, -0.2) is 16.6 Å². The maximum atomic E-state index is 6.03. The van der Waals surface area contributed by atoms with Crippen LogP contribution in [0.1, 0.15) is 22.6 Å². The van der Waals surface area contributed by atoms with Crippen LogP contribution in [0.3, 0.4) is 0 Å². The van der Waals surface area contributed by atoms with Crippen molar-refractivity contribution in [2.45, 2.75) is 20.4 Å². The molecule has 2 heterocycles. The third-order valence-corrected chi connectivity index (χ3v) is 4.98. The molecule has 1 N–H and O–H groups in total. The van der Waals surface area contributed by atoms with Crippen LogP contribution in [-0.2, 0) is 6.54 Å².